The Hall–Kier alpha value is -0.530. The Morgan fingerprint density at radius 1 is 1.36 bits per heavy atom. The van der Waals surface area contributed by atoms with E-state index >= 15 is 0 Å². The molecular weight excluding hydrogens is 176 g/mol. The number of unbranched alkanes of at least 4 members (excludes halogenated alkanes) is 2. The minimum Gasteiger partial charge on any atom is -0.481 e. The lowest BCUT2D eigenvalue weighted by Crippen LogP contribution is -2.21. The Bertz CT molecular complexity index is 171. The molecule has 1 rings (SSSR count). The van der Waals surface area contributed by atoms with Crippen LogP contribution in [0.3, 0.4) is 0 Å². The summed E-state index contributed by atoms with van der Waals surface area (Å²) >= 11 is 0. The first-order valence-electron chi connectivity index (χ1n) is 5.98. The SMILES string of the molecule is CCCCCC(C(=O)O)C1CCCC1. The van der Waals surface area contributed by atoms with Gasteiger partial charge in [0.15, 0.2) is 0 Å². The molecule has 0 radical (unpaired) electrons. The van der Waals surface area contributed by atoms with Gasteiger partial charge in [0.1, 0.15) is 0 Å². The second-order valence-electron chi connectivity index (χ2n) is 4.49. The summed E-state index contributed by atoms with van der Waals surface area (Å²) in [7, 11) is 0. The summed E-state index contributed by atoms with van der Waals surface area (Å²) in [5.41, 5.74) is 0. The largest absolute Gasteiger partial charge is 0.481 e. The van der Waals surface area contributed by atoms with E-state index in [-0.39, 0.29) is 5.92 Å². The molecular formula is C12H22O2. The normalized spacial score (nSPS) is 19.8. The van der Waals surface area contributed by atoms with Crippen LogP contribution in [0.15, 0.2) is 0 Å². The fraction of sp³-hybridized carbons (Fsp3) is 0.917. The van der Waals surface area contributed by atoms with Gasteiger partial charge in [0.2, 0.25) is 0 Å². The van der Waals surface area contributed by atoms with E-state index in [9.17, 15) is 4.79 Å². The van der Waals surface area contributed by atoms with Gasteiger partial charge in [-0.15, -0.1) is 0 Å². The average Bonchev–Trinajstić information content (AvgIpc) is 2.64. The first kappa shape index (κ1) is 11.5. The maximum atomic E-state index is 11.1. The van der Waals surface area contributed by atoms with Crippen molar-refractivity contribution in [3.63, 3.8) is 0 Å². The molecule has 0 spiro atoms. The molecule has 1 atom stereocenters. The number of carbonyl (C=O) groups is 1. The van der Waals surface area contributed by atoms with Gasteiger partial charge in [-0.1, -0.05) is 39.0 Å². The van der Waals surface area contributed by atoms with E-state index in [0.29, 0.717) is 5.92 Å². The standard InChI is InChI=1S/C12H22O2/c1-2-3-4-9-11(12(13)14)10-7-5-6-8-10/h10-11H,2-9H2,1H3,(H,13,14). The molecule has 0 aliphatic heterocycles. The van der Waals surface area contributed by atoms with Crippen molar-refractivity contribution in [2.75, 3.05) is 0 Å². The van der Waals surface area contributed by atoms with Crippen LogP contribution in [0.2, 0.25) is 0 Å². The molecule has 0 bridgehead atoms. The van der Waals surface area contributed by atoms with Gasteiger partial charge in [0.05, 0.1) is 5.92 Å². The van der Waals surface area contributed by atoms with Gasteiger partial charge < -0.3 is 5.11 Å². The lowest BCUT2D eigenvalue weighted by molar-refractivity contribution is -0.144. The molecule has 0 aromatic rings. The van der Waals surface area contributed by atoms with Crippen LogP contribution in [0.5, 0.6) is 0 Å². The molecule has 1 saturated carbocycles. The monoisotopic (exact) mass is 198 g/mol. The first-order valence-corrected chi connectivity index (χ1v) is 5.98. The van der Waals surface area contributed by atoms with Crippen molar-refractivity contribution in [1.29, 1.82) is 0 Å². The van der Waals surface area contributed by atoms with Gasteiger partial charge in [0.25, 0.3) is 0 Å². The van der Waals surface area contributed by atoms with Crippen LogP contribution in [-0.2, 0) is 4.79 Å². The van der Waals surface area contributed by atoms with E-state index < -0.39 is 5.97 Å². The molecule has 1 aliphatic carbocycles. The number of hydrogen-bond acceptors (Lipinski definition) is 1. The third kappa shape index (κ3) is 3.32. The highest BCUT2D eigenvalue weighted by molar-refractivity contribution is 5.70. The maximum Gasteiger partial charge on any atom is 0.306 e. The van der Waals surface area contributed by atoms with Crippen LogP contribution in [0.25, 0.3) is 0 Å². The van der Waals surface area contributed by atoms with Crippen LogP contribution in [-0.4, -0.2) is 11.1 Å². The van der Waals surface area contributed by atoms with Crippen molar-refractivity contribution >= 4 is 5.97 Å². The first-order chi connectivity index (χ1) is 6.75. The van der Waals surface area contributed by atoms with Gasteiger partial charge in [-0.3, -0.25) is 4.79 Å². The predicted molar refractivity (Wildman–Crippen MR) is 57.2 cm³/mol. The van der Waals surface area contributed by atoms with Crippen LogP contribution >= 0.6 is 0 Å². The third-order valence-electron chi connectivity index (χ3n) is 3.40. The van der Waals surface area contributed by atoms with Crippen molar-refractivity contribution in [2.45, 2.75) is 58.3 Å². The molecule has 0 heterocycles. The molecule has 1 aliphatic rings. The lowest BCUT2D eigenvalue weighted by Gasteiger charge is -2.18. The number of aliphatic carboxylic acids is 1. The summed E-state index contributed by atoms with van der Waals surface area (Å²) in [6.45, 7) is 2.16. The summed E-state index contributed by atoms with van der Waals surface area (Å²) in [4.78, 5) is 11.1. The summed E-state index contributed by atoms with van der Waals surface area (Å²) in [5, 5.41) is 9.13. The zero-order chi connectivity index (χ0) is 10.4. The smallest absolute Gasteiger partial charge is 0.306 e. The highest BCUT2D eigenvalue weighted by atomic mass is 16.4. The molecule has 14 heavy (non-hydrogen) atoms. The van der Waals surface area contributed by atoms with Crippen LogP contribution in [0, 0.1) is 11.8 Å². The van der Waals surface area contributed by atoms with Gasteiger partial charge in [-0.25, -0.2) is 0 Å². The summed E-state index contributed by atoms with van der Waals surface area (Å²) in [6.07, 6.45) is 9.10. The molecule has 0 aromatic carbocycles. The Balaban J connectivity index is 2.34. The molecule has 2 heteroatoms. The van der Waals surface area contributed by atoms with E-state index in [1.807, 2.05) is 0 Å². The molecule has 0 aromatic heterocycles. The van der Waals surface area contributed by atoms with Gasteiger partial charge in [-0.05, 0) is 25.2 Å². The Labute approximate surface area is 86.7 Å². The average molecular weight is 198 g/mol. The van der Waals surface area contributed by atoms with Crippen molar-refractivity contribution in [2.24, 2.45) is 11.8 Å². The van der Waals surface area contributed by atoms with Crippen molar-refractivity contribution in [1.82, 2.24) is 0 Å². The second kappa shape index (κ2) is 6.05. The molecule has 82 valence electrons. The van der Waals surface area contributed by atoms with Crippen LogP contribution < -0.4 is 0 Å². The van der Waals surface area contributed by atoms with E-state index in [1.54, 1.807) is 0 Å². The minimum absolute atomic E-state index is 0.0518. The van der Waals surface area contributed by atoms with E-state index in [4.69, 9.17) is 5.11 Å². The van der Waals surface area contributed by atoms with Gasteiger partial charge in [-0.2, -0.15) is 0 Å². The van der Waals surface area contributed by atoms with Gasteiger partial charge in [0, 0.05) is 0 Å². The Morgan fingerprint density at radius 2 is 2.00 bits per heavy atom. The number of rotatable bonds is 6. The quantitative estimate of drug-likeness (QED) is 0.664. The Kier molecular flexibility index (Phi) is 4.99. The van der Waals surface area contributed by atoms with E-state index in [1.165, 1.54) is 25.7 Å². The molecule has 0 amide bonds. The summed E-state index contributed by atoms with van der Waals surface area (Å²) in [6, 6.07) is 0. The number of carboxylic acid groups (broad SMARTS) is 1. The summed E-state index contributed by atoms with van der Waals surface area (Å²) in [5.74, 6) is -0.138. The van der Waals surface area contributed by atoms with Crippen molar-refractivity contribution in [3.05, 3.63) is 0 Å². The minimum atomic E-state index is -0.562. The highest BCUT2D eigenvalue weighted by Crippen LogP contribution is 2.34. The molecule has 0 saturated heterocycles. The molecule has 2 nitrogen and oxygen atoms in total. The lowest BCUT2D eigenvalue weighted by atomic mass is 9.86. The zero-order valence-corrected chi connectivity index (χ0v) is 9.17. The number of carboxylic acids is 1. The second-order valence-corrected chi connectivity index (χ2v) is 4.49. The van der Waals surface area contributed by atoms with Crippen LogP contribution in [0.1, 0.15) is 58.3 Å². The molecule has 1 N–H and O–H groups in total. The third-order valence-corrected chi connectivity index (χ3v) is 3.40. The molecule has 1 unspecified atom stereocenters. The molecule has 1 fully saturated rings. The Morgan fingerprint density at radius 3 is 2.50 bits per heavy atom. The number of hydrogen-bond donors (Lipinski definition) is 1. The fourth-order valence-electron chi connectivity index (χ4n) is 2.53. The van der Waals surface area contributed by atoms with Gasteiger partial charge >= 0.3 is 5.97 Å². The van der Waals surface area contributed by atoms with Crippen molar-refractivity contribution < 1.29 is 9.90 Å². The fourth-order valence-corrected chi connectivity index (χ4v) is 2.53. The van der Waals surface area contributed by atoms with E-state index in [2.05, 4.69) is 6.92 Å². The topological polar surface area (TPSA) is 37.3 Å². The van der Waals surface area contributed by atoms with Crippen molar-refractivity contribution in [3.8, 4) is 0 Å². The summed E-state index contributed by atoms with van der Waals surface area (Å²) < 4.78 is 0. The highest BCUT2D eigenvalue weighted by Gasteiger charge is 2.29. The zero-order valence-electron chi connectivity index (χ0n) is 9.17. The van der Waals surface area contributed by atoms with Crippen LogP contribution in [0.4, 0.5) is 0 Å². The van der Waals surface area contributed by atoms with E-state index in [0.717, 1.165) is 25.7 Å². The predicted octanol–water partition coefficient (Wildman–Crippen LogP) is 3.46. The maximum absolute atomic E-state index is 11.1.